The highest BCUT2D eigenvalue weighted by molar-refractivity contribution is 8.15. The summed E-state index contributed by atoms with van der Waals surface area (Å²) in [6.45, 7) is 12.0. The first-order valence-corrected chi connectivity index (χ1v) is 17.4. The molecule has 0 amide bonds. The maximum absolute atomic E-state index is 12.8. The summed E-state index contributed by atoms with van der Waals surface area (Å²) in [6, 6.07) is 0.689. The molecule has 0 saturated heterocycles. The van der Waals surface area contributed by atoms with Crippen molar-refractivity contribution in [3.05, 3.63) is 0 Å². The molecule has 0 aliphatic rings. The number of carbonyl (C=O) groups excluding carboxylic acids is 2. The van der Waals surface area contributed by atoms with Crippen LogP contribution in [-0.2, 0) is 22.9 Å². The van der Waals surface area contributed by atoms with Gasteiger partial charge < -0.3 is 13.3 Å². The third-order valence-electron chi connectivity index (χ3n) is 6.25. The van der Waals surface area contributed by atoms with Gasteiger partial charge in [-0.1, -0.05) is 103 Å². The number of carbonyl (C=O) groups is 2. The number of hydrogen-bond donors (Lipinski definition) is 0. The molecule has 0 fully saturated rings. The van der Waals surface area contributed by atoms with Crippen LogP contribution in [-0.4, -0.2) is 44.8 Å². The molecule has 0 aromatic carbocycles. The van der Waals surface area contributed by atoms with E-state index in [1.54, 1.807) is 0 Å². The first-order chi connectivity index (χ1) is 17.0. The first-order valence-electron chi connectivity index (χ1n) is 14.6. The average molecular weight is 533 g/mol. The van der Waals surface area contributed by atoms with E-state index in [1.165, 1.54) is 69.5 Å². The fourth-order valence-corrected chi connectivity index (χ4v) is 8.29. The molecule has 0 spiro atoms. The summed E-state index contributed by atoms with van der Waals surface area (Å²) in [6.07, 6.45) is 17.5. The Morgan fingerprint density at radius 2 is 1.09 bits per heavy atom. The zero-order valence-corrected chi connectivity index (χ0v) is 25.5. The Bertz CT molecular complexity index is 501. The van der Waals surface area contributed by atoms with Gasteiger partial charge in [0.2, 0.25) is 5.78 Å². The quantitative estimate of drug-likeness (QED) is 0.0632. The zero-order chi connectivity index (χ0) is 26.2. The molecular weight excluding hydrogens is 476 g/mol. The van der Waals surface area contributed by atoms with Gasteiger partial charge in [-0.15, -0.1) is 0 Å². The first kappa shape index (κ1) is 34.8. The number of Topliss-reactive ketones (excluding diaryl/α,β-unsaturated/α-hetero) is 1. The number of ketones is 1. The molecule has 0 saturated carbocycles. The minimum absolute atomic E-state index is 0.111. The van der Waals surface area contributed by atoms with Crippen LogP contribution in [0, 0.1) is 0 Å². The maximum atomic E-state index is 12.8. The SMILES string of the molecule is CCCCCCCCCCC(=O)C(=O)SC(CCCCCCC)CC[Si](OCC)(OCC)OCC. The van der Waals surface area contributed by atoms with Crippen molar-refractivity contribution in [3.8, 4) is 0 Å². The lowest BCUT2D eigenvalue weighted by molar-refractivity contribution is -0.131. The van der Waals surface area contributed by atoms with Gasteiger partial charge in [0.15, 0.2) is 0 Å². The fourth-order valence-electron chi connectivity index (χ4n) is 4.32. The summed E-state index contributed by atoms with van der Waals surface area (Å²) in [5.74, 6) is -0.208. The van der Waals surface area contributed by atoms with Crippen LogP contribution >= 0.6 is 11.8 Å². The molecule has 0 aliphatic heterocycles. The van der Waals surface area contributed by atoms with Crippen LogP contribution in [0.4, 0.5) is 0 Å². The average Bonchev–Trinajstić information content (AvgIpc) is 2.84. The van der Waals surface area contributed by atoms with Crippen LogP contribution in [0.5, 0.6) is 0 Å². The van der Waals surface area contributed by atoms with E-state index in [0.29, 0.717) is 32.3 Å². The van der Waals surface area contributed by atoms with Crippen molar-refractivity contribution in [3.63, 3.8) is 0 Å². The van der Waals surface area contributed by atoms with Gasteiger partial charge in [-0.2, -0.15) is 0 Å². The summed E-state index contributed by atoms with van der Waals surface area (Å²) >= 11 is 1.26. The Hall–Kier alpha value is -0.213. The number of thioether (sulfide) groups is 1. The van der Waals surface area contributed by atoms with E-state index in [1.807, 2.05) is 20.8 Å². The normalized spacial score (nSPS) is 12.7. The molecule has 0 radical (unpaired) electrons. The van der Waals surface area contributed by atoms with Crippen LogP contribution in [0.2, 0.25) is 6.04 Å². The van der Waals surface area contributed by atoms with Crippen molar-refractivity contribution in [2.24, 2.45) is 0 Å². The van der Waals surface area contributed by atoms with E-state index in [0.717, 1.165) is 38.5 Å². The third kappa shape index (κ3) is 18.6. The Balaban J connectivity index is 4.74. The van der Waals surface area contributed by atoms with Crippen LogP contribution in [0.3, 0.4) is 0 Å². The van der Waals surface area contributed by atoms with Crippen molar-refractivity contribution in [2.45, 2.75) is 149 Å². The number of unbranched alkanes of at least 4 members (excludes halogenated alkanes) is 11. The lowest BCUT2D eigenvalue weighted by Crippen LogP contribution is -2.46. The van der Waals surface area contributed by atoms with Gasteiger partial charge in [0.1, 0.15) is 0 Å². The molecule has 1 atom stereocenters. The number of rotatable bonds is 26. The summed E-state index contributed by atoms with van der Waals surface area (Å²) in [5.41, 5.74) is 0. The molecule has 0 rings (SSSR count). The second-order valence-electron chi connectivity index (χ2n) is 9.40. The van der Waals surface area contributed by atoms with Crippen LogP contribution in [0.15, 0.2) is 0 Å². The molecule has 35 heavy (non-hydrogen) atoms. The largest absolute Gasteiger partial charge is 0.500 e. The minimum Gasteiger partial charge on any atom is -0.374 e. The molecular formula is C28H56O5SSi. The van der Waals surface area contributed by atoms with Crippen molar-refractivity contribution < 1.29 is 22.9 Å². The van der Waals surface area contributed by atoms with Crippen LogP contribution in [0.1, 0.15) is 137 Å². The lowest BCUT2D eigenvalue weighted by Gasteiger charge is -2.29. The topological polar surface area (TPSA) is 61.8 Å². The molecule has 0 heterocycles. The Labute approximate surface area is 222 Å². The molecule has 0 aromatic rings. The van der Waals surface area contributed by atoms with E-state index in [-0.39, 0.29) is 16.1 Å². The van der Waals surface area contributed by atoms with Crippen molar-refractivity contribution in [1.82, 2.24) is 0 Å². The van der Waals surface area contributed by atoms with E-state index in [2.05, 4.69) is 13.8 Å². The second kappa shape index (κ2) is 24.1. The zero-order valence-electron chi connectivity index (χ0n) is 23.7. The Morgan fingerprint density at radius 1 is 0.629 bits per heavy atom. The van der Waals surface area contributed by atoms with Gasteiger partial charge in [-0.25, -0.2) is 0 Å². The van der Waals surface area contributed by atoms with Gasteiger partial charge in [0.25, 0.3) is 5.12 Å². The van der Waals surface area contributed by atoms with Crippen LogP contribution < -0.4 is 0 Å². The molecule has 208 valence electrons. The molecule has 1 unspecified atom stereocenters. The van der Waals surface area contributed by atoms with Crippen molar-refractivity contribution >= 4 is 31.5 Å². The molecule has 0 N–H and O–H groups in total. The standard InChI is InChI=1S/C28H56O5SSi/c1-6-11-13-15-16-17-19-21-23-27(29)28(30)34-26(22-20-18-14-12-7-2)24-25-35(31-8-3,32-9-4)33-10-5/h26H,6-25H2,1-5H3. The van der Waals surface area contributed by atoms with E-state index in [4.69, 9.17) is 13.3 Å². The predicted molar refractivity (Wildman–Crippen MR) is 152 cm³/mol. The molecule has 0 bridgehead atoms. The molecule has 7 heteroatoms. The van der Waals surface area contributed by atoms with Crippen LogP contribution in [0.25, 0.3) is 0 Å². The summed E-state index contributed by atoms with van der Waals surface area (Å²) in [5, 5.41) is -0.150. The van der Waals surface area contributed by atoms with Gasteiger partial charge >= 0.3 is 8.80 Å². The second-order valence-corrected chi connectivity index (χ2v) is 13.4. The minimum atomic E-state index is -2.75. The molecule has 0 aliphatic carbocycles. The fraction of sp³-hybridized carbons (Fsp3) is 0.929. The monoisotopic (exact) mass is 532 g/mol. The lowest BCUT2D eigenvalue weighted by atomic mass is 10.1. The summed E-state index contributed by atoms with van der Waals surface area (Å²) in [7, 11) is -2.75. The third-order valence-corrected chi connectivity index (χ3v) is 10.6. The predicted octanol–water partition coefficient (Wildman–Crippen LogP) is 8.51. The van der Waals surface area contributed by atoms with Gasteiger partial charge in [-0.05, 0) is 40.0 Å². The maximum Gasteiger partial charge on any atom is 0.500 e. The van der Waals surface area contributed by atoms with Gasteiger partial charge in [-0.3, -0.25) is 9.59 Å². The summed E-state index contributed by atoms with van der Waals surface area (Å²) < 4.78 is 18.0. The van der Waals surface area contributed by atoms with Gasteiger partial charge in [0, 0.05) is 37.5 Å². The van der Waals surface area contributed by atoms with E-state index in [9.17, 15) is 9.59 Å². The highest BCUT2D eigenvalue weighted by atomic mass is 32.2. The smallest absolute Gasteiger partial charge is 0.374 e. The van der Waals surface area contributed by atoms with E-state index >= 15 is 0 Å². The Kier molecular flexibility index (Phi) is 24.0. The molecule has 0 aromatic heterocycles. The number of hydrogen-bond acceptors (Lipinski definition) is 6. The van der Waals surface area contributed by atoms with Crippen molar-refractivity contribution in [1.29, 1.82) is 0 Å². The Morgan fingerprint density at radius 3 is 1.57 bits per heavy atom. The van der Waals surface area contributed by atoms with E-state index < -0.39 is 8.80 Å². The highest BCUT2D eigenvalue weighted by Crippen LogP contribution is 2.29. The summed E-state index contributed by atoms with van der Waals surface area (Å²) in [4.78, 5) is 25.3. The highest BCUT2D eigenvalue weighted by Gasteiger charge is 2.40. The van der Waals surface area contributed by atoms with Gasteiger partial charge in [0.05, 0.1) is 0 Å². The molecule has 5 nitrogen and oxygen atoms in total. The van der Waals surface area contributed by atoms with Crippen molar-refractivity contribution in [2.75, 3.05) is 19.8 Å².